The van der Waals surface area contributed by atoms with Gasteiger partial charge in [-0.2, -0.15) is 0 Å². The van der Waals surface area contributed by atoms with E-state index in [0.717, 1.165) is 36.4 Å². The lowest BCUT2D eigenvalue weighted by Gasteiger charge is -2.18. The molecule has 0 aliphatic carbocycles. The fraction of sp³-hybridized carbons (Fsp3) is 0.250. The van der Waals surface area contributed by atoms with Gasteiger partial charge in [-0.25, -0.2) is 9.97 Å². The summed E-state index contributed by atoms with van der Waals surface area (Å²) in [5.41, 5.74) is 14.1. The van der Waals surface area contributed by atoms with Crippen LogP contribution in [0.4, 0.5) is 11.5 Å². The minimum absolute atomic E-state index is 0.147. The number of anilines is 2. The van der Waals surface area contributed by atoms with E-state index in [1.807, 2.05) is 13.0 Å². The Morgan fingerprint density at radius 3 is 2.73 bits per heavy atom. The first-order valence-electron chi connectivity index (χ1n) is 10.3. The van der Waals surface area contributed by atoms with E-state index in [9.17, 15) is 0 Å². The van der Waals surface area contributed by atoms with E-state index in [1.165, 1.54) is 22.4 Å². The van der Waals surface area contributed by atoms with Gasteiger partial charge in [0.05, 0.1) is 11.6 Å². The number of hydrogen-bond donors (Lipinski definition) is 3. The summed E-state index contributed by atoms with van der Waals surface area (Å²) < 4.78 is 0. The molecular weight excluding hydrogens is 372 g/mol. The van der Waals surface area contributed by atoms with Crippen molar-refractivity contribution < 1.29 is 0 Å². The second kappa shape index (κ2) is 7.46. The highest BCUT2D eigenvalue weighted by Gasteiger charge is 2.27. The lowest BCUT2D eigenvalue weighted by atomic mass is 9.98. The molecule has 0 radical (unpaired) electrons. The third-order valence-electron chi connectivity index (χ3n) is 5.75. The van der Waals surface area contributed by atoms with Crippen LogP contribution in [0.1, 0.15) is 34.1 Å². The molecule has 0 fully saturated rings. The SMILES string of the molecule is Cc1nc2nc(N)cc(C3Cc4c(CN(C)Cc5ccccc5)cccc4N3)c2[nH]1. The average Bonchev–Trinajstić information content (AvgIpc) is 3.31. The van der Waals surface area contributed by atoms with Gasteiger partial charge < -0.3 is 16.0 Å². The maximum atomic E-state index is 6.08. The van der Waals surface area contributed by atoms with Crippen molar-refractivity contribution >= 4 is 22.7 Å². The smallest absolute Gasteiger partial charge is 0.180 e. The second-order valence-electron chi connectivity index (χ2n) is 8.16. The number of hydrogen-bond acceptors (Lipinski definition) is 5. The molecule has 1 aliphatic heterocycles. The summed E-state index contributed by atoms with van der Waals surface area (Å²) >= 11 is 0. The molecule has 0 bridgehead atoms. The molecule has 3 heterocycles. The number of H-pyrrole nitrogens is 1. The highest BCUT2D eigenvalue weighted by Crippen LogP contribution is 2.38. The molecule has 6 heteroatoms. The molecule has 2 aromatic heterocycles. The Morgan fingerprint density at radius 2 is 1.90 bits per heavy atom. The monoisotopic (exact) mass is 398 g/mol. The van der Waals surface area contributed by atoms with Crippen molar-refractivity contribution in [2.24, 2.45) is 0 Å². The Balaban J connectivity index is 1.40. The number of fused-ring (bicyclic) bond motifs is 2. The number of pyridine rings is 1. The standard InChI is InChI=1S/C24H26N6/c1-15-26-23-19(12-22(25)29-24(23)27-15)21-11-18-17(9-6-10-20(18)28-21)14-30(2)13-16-7-4-3-5-8-16/h3-10,12,21,28H,11,13-14H2,1-2H3,(H3,25,26,27,29). The number of nitrogen functional groups attached to an aromatic ring is 1. The van der Waals surface area contributed by atoms with Crippen LogP contribution in [0.5, 0.6) is 0 Å². The van der Waals surface area contributed by atoms with E-state index >= 15 is 0 Å². The van der Waals surface area contributed by atoms with Crippen molar-refractivity contribution in [2.45, 2.75) is 32.5 Å². The molecule has 4 aromatic rings. The molecule has 0 amide bonds. The fourth-order valence-electron chi connectivity index (χ4n) is 4.45. The number of nitrogens with two attached hydrogens (primary N) is 1. The highest BCUT2D eigenvalue weighted by molar-refractivity contribution is 5.79. The number of aromatic nitrogens is 3. The van der Waals surface area contributed by atoms with E-state index in [4.69, 9.17) is 5.73 Å². The molecule has 0 spiro atoms. The largest absolute Gasteiger partial charge is 0.384 e. The first-order valence-corrected chi connectivity index (χ1v) is 10.3. The molecule has 30 heavy (non-hydrogen) atoms. The van der Waals surface area contributed by atoms with Gasteiger partial charge in [-0.1, -0.05) is 42.5 Å². The van der Waals surface area contributed by atoms with E-state index in [0.29, 0.717) is 11.5 Å². The summed E-state index contributed by atoms with van der Waals surface area (Å²) in [6, 6.07) is 19.2. The third-order valence-corrected chi connectivity index (χ3v) is 5.75. The minimum atomic E-state index is 0.147. The van der Waals surface area contributed by atoms with Crippen LogP contribution in [-0.2, 0) is 19.5 Å². The Bertz CT molecular complexity index is 1200. The van der Waals surface area contributed by atoms with Crippen molar-refractivity contribution in [3.8, 4) is 0 Å². The number of nitrogens with zero attached hydrogens (tertiary/aromatic N) is 3. The van der Waals surface area contributed by atoms with E-state index in [-0.39, 0.29) is 6.04 Å². The van der Waals surface area contributed by atoms with Gasteiger partial charge in [0, 0.05) is 24.3 Å². The van der Waals surface area contributed by atoms with Gasteiger partial charge in [-0.3, -0.25) is 4.90 Å². The molecule has 4 N–H and O–H groups in total. The Morgan fingerprint density at radius 1 is 1.07 bits per heavy atom. The third kappa shape index (κ3) is 3.50. The molecule has 1 unspecified atom stereocenters. The number of aromatic amines is 1. The predicted octanol–water partition coefficient (Wildman–Crippen LogP) is 4.19. The summed E-state index contributed by atoms with van der Waals surface area (Å²) in [6.45, 7) is 3.78. The van der Waals surface area contributed by atoms with Crippen molar-refractivity contribution in [3.63, 3.8) is 0 Å². The van der Waals surface area contributed by atoms with Gasteiger partial charge in [-0.05, 0) is 49.2 Å². The normalized spacial score (nSPS) is 15.5. The molecule has 1 aliphatic rings. The van der Waals surface area contributed by atoms with Crippen LogP contribution >= 0.6 is 0 Å². The summed E-state index contributed by atoms with van der Waals surface area (Å²) in [7, 11) is 2.17. The molecule has 152 valence electrons. The maximum Gasteiger partial charge on any atom is 0.180 e. The van der Waals surface area contributed by atoms with Gasteiger partial charge in [0.15, 0.2) is 5.65 Å². The number of benzene rings is 2. The maximum absolute atomic E-state index is 6.08. The zero-order valence-corrected chi connectivity index (χ0v) is 17.3. The minimum Gasteiger partial charge on any atom is -0.384 e. The number of rotatable bonds is 5. The number of aryl methyl sites for hydroxylation is 1. The zero-order chi connectivity index (χ0) is 20.7. The molecule has 6 nitrogen and oxygen atoms in total. The zero-order valence-electron chi connectivity index (χ0n) is 17.3. The second-order valence-corrected chi connectivity index (χ2v) is 8.16. The summed E-state index contributed by atoms with van der Waals surface area (Å²) in [6.07, 6.45) is 0.918. The van der Waals surface area contributed by atoms with E-state index in [2.05, 4.69) is 80.7 Å². The predicted molar refractivity (Wildman–Crippen MR) is 121 cm³/mol. The van der Waals surface area contributed by atoms with Crippen molar-refractivity contribution in [2.75, 3.05) is 18.1 Å². The lowest BCUT2D eigenvalue weighted by molar-refractivity contribution is 0.318. The van der Waals surface area contributed by atoms with E-state index < -0.39 is 0 Å². The molecule has 0 saturated heterocycles. The number of nitrogens with one attached hydrogen (secondary N) is 2. The van der Waals surface area contributed by atoms with Crippen LogP contribution < -0.4 is 11.1 Å². The van der Waals surface area contributed by atoms with Crippen LogP contribution in [0.25, 0.3) is 11.2 Å². The first-order chi connectivity index (χ1) is 14.6. The lowest BCUT2D eigenvalue weighted by Crippen LogP contribution is -2.18. The van der Waals surface area contributed by atoms with Crippen molar-refractivity contribution in [1.29, 1.82) is 0 Å². The molecule has 2 aromatic carbocycles. The Hall–Kier alpha value is -3.38. The molecular formula is C24H26N6. The number of imidazole rings is 1. The summed E-state index contributed by atoms with van der Waals surface area (Å²) in [4.78, 5) is 14.6. The summed E-state index contributed by atoms with van der Waals surface area (Å²) in [5, 5.41) is 3.69. The van der Waals surface area contributed by atoms with Crippen LogP contribution in [-0.4, -0.2) is 26.9 Å². The highest BCUT2D eigenvalue weighted by atomic mass is 15.1. The van der Waals surface area contributed by atoms with Crippen LogP contribution in [0, 0.1) is 6.92 Å². The Kier molecular flexibility index (Phi) is 4.64. The van der Waals surface area contributed by atoms with Gasteiger partial charge >= 0.3 is 0 Å². The average molecular weight is 399 g/mol. The first kappa shape index (κ1) is 18.6. The molecule has 1 atom stereocenters. The van der Waals surface area contributed by atoms with Crippen LogP contribution in [0.15, 0.2) is 54.6 Å². The topological polar surface area (TPSA) is 82.9 Å². The van der Waals surface area contributed by atoms with Crippen LogP contribution in [0.3, 0.4) is 0 Å². The van der Waals surface area contributed by atoms with Crippen molar-refractivity contribution in [1.82, 2.24) is 19.9 Å². The van der Waals surface area contributed by atoms with Gasteiger partial charge in [0.2, 0.25) is 0 Å². The molecule has 5 rings (SSSR count). The van der Waals surface area contributed by atoms with Crippen molar-refractivity contribution in [3.05, 3.63) is 82.7 Å². The quantitative estimate of drug-likeness (QED) is 0.470. The van der Waals surface area contributed by atoms with Gasteiger partial charge in [0.25, 0.3) is 0 Å². The molecule has 0 saturated carbocycles. The fourth-order valence-corrected chi connectivity index (χ4v) is 4.45. The van der Waals surface area contributed by atoms with E-state index in [1.54, 1.807) is 0 Å². The van der Waals surface area contributed by atoms with Crippen LogP contribution in [0.2, 0.25) is 0 Å². The Labute approximate surface area is 176 Å². The summed E-state index contributed by atoms with van der Waals surface area (Å²) in [5.74, 6) is 1.35. The van der Waals surface area contributed by atoms with Gasteiger partial charge in [-0.15, -0.1) is 0 Å². The van der Waals surface area contributed by atoms with Gasteiger partial charge in [0.1, 0.15) is 11.6 Å².